The molecule has 3 nitrogen and oxygen atoms in total. The van der Waals surface area contributed by atoms with Gasteiger partial charge in [0.15, 0.2) is 17.2 Å². The number of hydrogen-bond acceptors (Lipinski definition) is 2. The number of carbonyl (C=O) groups excluding carboxylic acids is 1. The van der Waals surface area contributed by atoms with Crippen molar-refractivity contribution in [1.82, 2.24) is 5.32 Å². The second-order valence-electron chi connectivity index (χ2n) is 5.89. The van der Waals surface area contributed by atoms with Gasteiger partial charge in [-0.2, -0.15) is 0 Å². The fraction of sp³-hybridized carbons (Fsp3) is 0.562. The maximum absolute atomic E-state index is 14.4. The number of rotatable bonds is 5. The molecule has 2 rings (SSSR count). The van der Waals surface area contributed by atoms with E-state index in [2.05, 4.69) is 5.32 Å². The molecule has 1 aliphatic carbocycles. The highest BCUT2D eigenvalue weighted by molar-refractivity contribution is 5.85. The van der Waals surface area contributed by atoms with Crippen molar-refractivity contribution in [1.29, 1.82) is 0 Å². The van der Waals surface area contributed by atoms with Crippen LogP contribution in [0.3, 0.4) is 0 Å². The molecule has 0 heterocycles. The first kappa shape index (κ1) is 17.6. The number of ether oxygens (including phenoxy) is 1. The summed E-state index contributed by atoms with van der Waals surface area (Å²) in [4.78, 5) is 11.9. The summed E-state index contributed by atoms with van der Waals surface area (Å²) in [7, 11) is 0. The average molecular weight is 333 g/mol. The third kappa shape index (κ3) is 4.59. The van der Waals surface area contributed by atoms with E-state index < -0.39 is 55.1 Å². The van der Waals surface area contributed by atoms with Crippen LogP contribution in [-0.2, 0) is 4.79 Å². The molecule has 1 fully saturated rings. The lowest BCUT2D eigenvalue weighted by molar-refractivity contribution is -0.142. The normalized spacial score (nSPS) is 20.6. The van der Waals surface area contributed by atoms with Crippen LogP contribution in [0.2, 0.25) is 0 Å². The van der Waals surface area contributed by atoms with Gasteiger partial charge < -0.3 is 10.1 Å². The SMILES string of the molecule is CC(CNC(=O)C1(F)CCC(F)(F)CC1)Oc1ccccc1F. The minimum absolute atomic E-state index is 0.0292. The van der Waals surface area contributed by atoms with E-state index in [1.807, 2.05) is 0 Å². The molecule has 1 unspecified atom stereocenters. The van der Waals surface area contributed by atoms with E-state index in [4.69, 9.17) is 4.74 Å². The van der Waals surface area contributed by atoms with Crippen LogP contribution in [0.25, 0.3) is 0 Å². The number of hydrogen-bond donors (Lipinski definition) is 1. The lowest BCUT2D eigenvalue weighted by Crippen LogP contribution is -2.49. The molecule has 0 spiro atoms. The van der Waals surface area contributed by atoms with E-state index in [0.717, 1.165) is 0 Å². The molecular weight excluding hydrogens is 314 g/mol. The first-order valence-electron chi connectivity index (χ1n) is 7.48. The van der Waals surface area contributed by atoms with Crippen LogP contribution in [0.4, 0.5) is 17.6 Å². The van der Waals surface area contributed by atoms with Crippen molar-refractivity contribution < 1.29 is 27.1 Å². The van der Waals surface area contributed by atoms with Crippen LogP contribution < -0.4 is 10.1 Å². The molecule has 1 N–H and O–H groups in total. The summed E-state index contributed by atoms with van der Waals surface area (Å²) in [6.45, 7) is 1.54. The number of amides is 1. The summed E-state index contributed by atoms with van der Waals surface area (Å²) in [6.07, 6.45) is -2.89. The highest BCUT2D eigenvalue weighted by Crippen LogP contribution is 2.40. The van der Waals surface area contributed by atoms with Gasteiger partial charge in [-0.15, -0.1) is 0 Å². The fourth-order valence-electron chi connectivity index (χ4n) is 2.43. The van der Waals surface area contributed by atoms with Crippen molar-refractivity contribution in [2.45, 2.75) is 50.3 Å². The number of para-hydroxylation sites is 1. The van der Waals surface area contributed by atoms with Gasteiger partial charge >= 0.3 is 0 Å². The van der Waals surface area contributed by atoms with Crippen molar-refractivity contribution in [3.63, 3.8) is 0 Å². The lowest BCUT2D eigenvalue weighted by Gasteiger charge is -2.32. The molecule has 1 aliphatic rings. The number of nitrogens with one attached hydrogen (secondary N) is 1. The van der Waals surface area contributed by atoms with E-state index in [1.165, 1.54) is 18.2 Å². The van der Waals surface area contributed by atoms with Crippen LogP contribution in [0.1, 0.15) is 32.6 Å². The Morgan fingerprint density at radius 3 is 2.43 bits per heavy atom. The summed E-state index contributed by atoms with van der Waals surface area (Å²) >= 11 is 0. The highest BCUT2D eigenvalue weighted by atomic mass is 19.3. The van der Waals surface area contributed by atoms with Crippen LogP contribution in [0.15, 0.2) is 24.3 Å². The molecule has 1 atom stereocenters. The maximum atomic E-state index is 14.4. The first-order chi connectivity index (χ1) is 10.7. The minimum atomic E-state index is -2.91. The van der Waals surface area contributed by atoms with Crippen molar-refractivity contribution in [3.8, 4) is 5.75 Å². The first-order valence-corrected chi connectivity index (χ1v) is 7.48. The van der Waals surface area contributed by atoms with E-state index in [-0.39, 0.29) is 12.3 Å². The Balaban J connectivity index is 1.83. The maximum Gasteiger partial charge on any atom is 0.257 e. The fourth-order valence-corrected chi connectivity index (χ4v) is 2.43. The van der Waals surface area contributed by atoms with Crippen LogP contribution in [0.5, 0.6) is 5.75 Å². The van der Waals surface area contributed by atoms with Gasteiger partial charge in [0, 0.05) is 12.8 Å². The van der Waals surface area contributed by atoms with Crippen molar-refractivity contribution in [2.24, 2.45) is 0 Å². The standard InChI is InChI=1S/C16H19F4NO2/c1-11(23-13-5-3-2-4-12(13)17)10-21-14(22)15(18)6-8-16(19,20)9-7-15/h2-5,11H,6-10H2,1H3,(H,21,22). The van der Waals surface area contributed by atoms with Gasteiger partial charge in [-0.25, -0.2) is 17.6 Å². The Morgan fingerprint density at radius 1 is 1.22 bits per heavy atom. The molecule has 1 aromatic carbocycles. The average Bonchev–Trinajstić information content (AvgIpc) is 2.50. The van der Waals surface area contributed by atoms with Gasteiger partial charge in [0.1, 0.15) is 6.10 Å². The molecule has 0 aliphatic heterocycles. The Morgan fingerprint density at radius 2 is 1.83 bits per heavy atom. The van der Waals surface area contributed by atoms with Crippen molar-refractivity contribution >= 4 is 5.91 Å². The number of benzene rings is 1. The second kappa shape index (κ2) is 6.76. The lowest BCUT2D eigenvalue weighted by atomic mass is 9.83. The molecule has 1 amide bonds. The molecule has 1 aromatic rings. The zero-order chi connectivity index (χ0) is 17.1. The summed E-state index contributed by atoms with van der Waals surface area (Å²) in [6, 6.07) is 5.79. The van der Waals surface area contributed by atoms with Gasteiger partial charge in [-0.05, 0) is 31.9 Å². The van der Waals surface area contributed by atoms with E-state index in [9.17, 15) is 22.4 Å². The predicted molar refractivity (Wildman–Crippen MR) is 76.8 cm³/mol. The van der Waals surface area contributed by atoms with Gasteiger partial charge in [-0.3, -0.25) is 4.79 Å². The number of halogens is 4. The zero-order valence-corrected chi connectivity index (χ0v) is 12.8. The van der Waals surface area contributed by atoms with Crippen LogP contribution >= 0.6 is 0 Å². The summed E-state index contributed by atoms with van der Waals surface area (Å²) in [5, 5.41) is 2.35. The van der Waals surface area contributed by atoms with E-state index in [0.29, 0.717) is 0 Å². The minimum Gasteiger partial charge on any atom is -0.486 e. The second-order valence-corrected chi connectivity index (χ2v) is 5.89. The summed E-state index contributed by atoms with van der Waals surface area (Å²) in [5.74, 6) is -4.34. The topological polar surface area (TPSA) is 38.3 Å². The van der Waals surface area contributed by atoms with Crippen molar-refractivity contribution in [3.05, 3.63) is 30.1 Å². The predicted octanol–water partition coefficient (Wildman–Crippen LogP) is 3.63. The van der Waals surface area contributed by atoms with Gasteiger partial charge in [-0.1, -0.05) is 12.1 Å². The smallest absolute Gasteiger partial charge is 0.257 e. The third-order valence-corrected chi connectivity index (χ3v) is 3.90. The van der Waals surface area contributed by atoms with Crippen molar-refractivity contribution in [2.75, 3.05) is 6.54 Å². The largest absolute Gasteiger partial charge is 0.486 e. The number of carbonyl (C=O) groups is 1. The van der Waals surface area contributed by atoms with Gasteiger partial charge in [0.2, 0.25) is 5.92 Å². The summed E-state index contributed by atoms with van der Waals surface area (Å²) in [5.41, 5.74) is -2.28. The Labute approximate surface area is 132 Å². The molecular formula is C16H19F4NO2. The Hall–Kier alpha value is -1.79. The van der Waals surface area contributed by atoms with Gasteiger partial charge in [0.25, 0.3) is 5.91 Å². The molecule has 0 aromatic heterocycles. The zero-order valence-electron chi connectivity index (χ0n) is 12.8. The quantitative estimate of drug-likeness (QED) is 0.836. The van der Waals surface area contributed by atoms with E-state index in [1.54, 1.807) is 13.0 Å². The monoisotopic (exact) mass is 333 g/mol. The molecule has 7 heteroatoms. The Kier molecular flexibility index (Phi) is 5.16. The molecule has 23 heavy (non-hydrogen) atoms. The van der Waals surface area contributed by atoms with Crippen LogP contribution in [0, 0.1) is 5.82 Å². The molecule has 0 radical (unpaired) electrons. The molecule has 1 saturated carbocycles. The third-order valence-electron chi connectivity index (χ3n) is 3.90. The van der Waals surface area contributed by atoms with E-state index >= 15 is 0 Å². The molecule has 0 bridgehead atoms. The highest BCUT2D eigenvalue weighted by Gasteiger charge is 2.48. The molecule has 128 valence electrons. The summed E-state index contributed by atoms with van der Waals surface area (Å²) < 4.78 is 59.3. The van der Waals surface area contributed by atoms with Crippen LogP contribution in [-0.4, -0.2) is 30.1 Å². The number of alkyl halides is 3. The van der Waals surface area contributed by atoms with Gasteiger partial charge in [0.05, 0.1) is 6.54 Å². The Bertz CT molecular complexity index is 555. The molecule has 0 saturated heterocycles.